The fraction of sp³-hybridized carbons (Fsp3) is 0.826. The molecular weight excluding hydrogens is 354 g/mol. The lowest BCUT2D eigenvalue weighted by atomic mass is 9.59. The van der Waals surface area contributed by atoms with Crippen LogP contribution in [0, 0.1) is 23.2 Å². The normalized spacial score (nSPS) is 38.6. The number of nitrogens with zero attached hydrogens (tertiary/aromatic N) is 1. The van der Waals surface area contributed by atoms with Crippen molar-refractivity contribution in [1.82, 2.24) is 4.90 Å². The molecule has 2 aliphatic heterocycles. The van der Waals surface area contributed by atoms with Crippen LogP contribution in [0.3, 0.4) is 0 Å². The molecule has 0 radical (unpaired) electrons. The highest BCUT2D eigenvalue weighted by molar-refractivity contribution is 5.76. The third kappa shape index (κ3) is 3.62. The van der Waals surface area contributed by atoms with Crippen LogP contribution in [0.5, 0.6) is 0 Å². The van der Waals surface area contributed by atoms with E-state index in [4.69, 9.17) is 9.47 Å². The largest absolute Gasteiger partial charge is 0.466 e. The van der Waals surface area contributed by atoms with Crippen LogP contribution >= 0.6 is 0 Å². The van der Waals surface area contributed by atoms with E-state index in [9.17, 15) is 9.59 Å². The summed E-state index contributed by atoms with van der Waals surface area (Å²) in [6, 6.07) is 0. The minimum Gasteiger partial charge on any atom is -0.466 e. The Morgan fingerprint density at radius 1 is 1.36 bits per heavy atom. The topological polar surface area (TPSA) is 55.8 Å². The highest BCUT2D eigenvalue weighted by Gasteiger charge is 2.53. The SMILES string of the molecule is CCOC(=O)C1CCCN(CC2C(=O)O[C@@H]3C[C@@]4(C)CCCC(C)=C4C[C@H]23)C1. The molecule has 1 saturated carbocycles. The molecule has 2 unspecified atom stereocenters. The van der Waals surface area contributed by atoms with Gasteiger partial charge in [-0.05, 0) is 70.8 Å². The van der Waals surface area contributed by atoms with E-state index in [-0.39, 0.29) is 35.3 Å². The fourth-order valence-electron chi connectivity index (χ4n) is 6.27. The Kier molecular flexibility index (Phi) is 5.56. The molecule has 4 rings (SSSR count). The standard InChI is InChI=1S/C23H35NO4/c1-4-27-21(25)16-8-6-10-24(13-16)14-18-17-11-19-15(2)7-5-9-23(19,3)12-20(17)28-22(18)26/h16-18,20H,4-14H2,1-3H3/t16?,17-,18?,20-,23-/m1/s1. The van der Waals surface area contributed by atoms with Crippen LogP contribution in [0.25, 0.3) is 0 Å². The summed E-state index contributed by atoms with van der Waals surface area (Å²) in [5.41, 5.74) is 3.37. The molecular formula is C23H35NO4. The van der Waals surface area contributed by atoms with Crippen LogP contribution in [0.2, 0.25) is 0 Å². The van der Waals surface area contributed by atoms with Gasteiger partial charge in [0.15, 0.2) is 0 Å². The number of likely N-dealkylation sites (tertiary alicyclic amines) is 1. The number of carbonyl (C=O) groups excluding carboxylic acids is 2. The lowest BCUT2D eigenvalue weighted by Crippen LogP contribution is -2.45. The first kappa shape index (κ1) is 19.9. The predicted molar refractivity (Wildman–Crippen MR) is 107 cm³/mol. The molecule has 0 aromatic carbocycles. The summed E-state index contributed by atoms with van der Waals surface area (Å²) < 4.78 is 11.1. The van der Waals surface area contributed by atoms with Crippen molar-refractivity contribution in [1.29, 1.82) is 0 Å². The zero-order valence-electron chi connectivity index (χ0n) is 17.7. The summed E-state index contributed by atoms with van der Waals surface area (Å²) in [6.45, 7) is 9.33. The summed E-state index contributed by atoms with van der Waals surface area (Å²) >= 11 is 0. The van der Waals surface area contributed by atoms with E-state index in [0.29, 0.717) is 19.1 Å². The van der Waals surface area contributed by atoms with Crippen LogP contribution in [0.4, 0.5) is 0 Å². The first-order valence-corrected chi connectivity index (χ1v) is 11.2. The van der Waals surface area contributed by atoms with Gasteiger partial charge < -0.3 is 14.4 Å². The summed E-state index contributed by atoms with van der Waals surface area (Å²) in [6.07, 6.45) is 7.62. The van der Waals surface area contributed by atoms with Crippen molar-refractivity contribution in [3.63, 3.8) is 0 Å². The Labute approximate surface area is 168 Å². The Morgan fingerprint density at radius 3 is 2.96 bits per heavy atom. The summed E-state index contributed by atoms with van der Waals surface area (Å²) in [5.74, 6) is 0.0773. The molecule has 156 valence electrons. The molecule has 0 aromatic rings. The van der Waals surface area contributed by atoms with Gasteiger partial charge in [-0.2, -0.15) is 0 Å². The molecule has 2 aliphatic carbocycles. The molecule has 2 saturated heterocycles. The van der Waals surface area contributed by atoms with Crippen molar-refractivity contribution in [2.45, 2.75) is 71.8 Å². The van der Waals surface area contributed by atoms with Gasteiger partial charge in [0.2, 0.25) is 0 Å². The Hall–Kier alpha value is -1.36. The van der Waals surface area contributed by atoms with E-state index in [1.807, 2.05) is 6.92 Å². The van der Waals surface area contributed by atoms with Gasteiger partial charge in [0.1, 0.15) is 6.10 Å². The van der Waals surface area contributed by atoms with E-state index in [0.717, 1.165) is 38.8 Å². The van der Waals surface area contributed by atoms with Crippen molar-refractivity contribution in [2.24, 2.45) is 23.2 Å². The maximum atomic E-state index is 12.8. The molecule has 5 nitrogen and oxygen atoms in total. The minimum absolute atomic E-state index is 0.0197. The van der Waals surface area contributed by atoms with E-state index >= 15 is 0 Å². The number of hydrogen-bond acceptors (Lipinski definition) is 5. The molecule has 28 heavy (non-hydrogen) atoms. The molecule has 0 aromatic heterocycles. The van der Waals surface area contributed by atoms with E-state index < -0.39 is 0 Å². The quantitative estimate of drug-likeness (QED) is 0.542. The highest BCUT2D eigenvalue weighted by Crippen LogP contribution is 2.55. The van der Waals surface area contributed by atoms with E-state index in [1.54, 1.807) is 11.1 Å². The highest BCUT2D eigenvalue weighted by atomic mass is 16.6. The van der Waals surface area contributed by atoms with E-state index in [2.05, 4.69) is 18.7 Å². The van der Waals surface area contributed by atoms with Gasteiger partial charge in [0.05, 0.1) is 18.4 Å². The van der Waals surface area contributed by atoms with Gasteiger partial charge >= 0.3 is 11.9 Å². The van der Waals surface area contributed by atoms with Crippen LogP contribution in [0.1, 0.15) is 65.7 Å². The average Bonchev–Trinajstić information content (AvgIpc) is 2.94. The lowest BCUT2D eigenvalue weighted by Gasteiger charge is -2.46. The predicted octanol–water partition coefficient (Wildman–Crippen LogP) is 3.72. The van der Waals surface area contributed by atoms with Gasteiger partial charge in [0, 0.05) is 19.0 Å². The number of piperidine rings is 1. The molecule has 4 aliphatic rings. The van der Waals surface area contributed by atoms with Crippen molar-refractivity contribution in [3.8, 4) is 0 Å². The van der Waals surface area contributed by atoms with Crippen LogP contribution in [-0.4, -0.2) is 49.2 Å². The number of hydrogen-bond donors (Lipinski definition) is 0. The number of fused-ring (bicyclic) bond motifs is 2. The summed E-state index contributed by atoms with van der Waals surface area (Å²) in [7, 11) is 0. The monoisotopic (exact) mass is 389 g/mol. The Morgan fingerprint density at radius 2 is 2.18 bits per heavy atom. The van der Waals surface area contributed by atoms with Crippen LogP contribution in [-0.2, 0) is 19.1 Å². The number of rotatable bonds is 4. The number of allylic oxidation sites excluding steroid dienone is 2. The molecule has 5 heteroatoms. The Balaban J connectivity index is 1.45. The van der Waals surface area contributed by atoms with Gasteiger partial charge in [-0.15, -0.1) is 0 Å². The number of ether oxygens (including phenoxy) is 2. The van der Waals surface area contributed by atoms with E-state index in [1.165, 1.54) is 19.3 Å². The Bertz CT molecular complexity index is 672. The maximum absolute atomic E-state index is 12.8. The molecule has 0 spiro atoms. The van der Waals surface area contributed by atoms with Crippen LogP contribution in [0.15, 0.2) is 11.1 Å². The van der Waals surface area contributed by atoms with Gasteiger partial charge in [0.25, 0.3) is 0 Å². The van der Waals surface area contributed by atoms with Crippen molar-refractivity contribution in [2.75, 3.05) is 26.2 Å². The zero-order valence-corrected chi connectivity index (χ0v) is 17.7. The zero-order chi connectivity index (χ0) is 19.9. The fourth-order valence-corrected chi connectivity index (χ4v) is 6.27. The molecule has 0 bridgehead atoms. The second-order valence-electron chi connectivity index (χ2n) is 9.68. The third-order valence-corrected chi connectivity index (χ3v) is 7.76. The van der Waals surface area contributed by atoms with Crippen molar-refractivity contribution < 1.29 is 19.1 Å². The van der Waals surface area contributed by atoms with Gasteiger partial charge in [-0.25, -0.2) is 0 Å². The number of carbonyl (C=O) groups is 2. The minimum atomic E-state index is -0.0875. The second-order valence-corrected chi connectivity index (χ2v) is 9.68. The van der Waals surface area contributed by atoms with Gasteiger partial charge in [-0.1, -0.05) is 18.1 Å². The molecule has 3 fully saturated rings. The third-order valence-electron chi connectivity index (χ3n) is 7.76. The maximum Gasteiger partial charge on any atom is 0.310 e. The molecule has 0 N–H and O–H groups in total. The lowest BCUT2D eigenvalue weighted by molar-refractivity contribution is -0.150. The first-order valence-electron chi connectivity index (χ1n) is 11.2. The molecule has 0 amide bonds. The average molecular weight is 390 g/mol. The molecule has 5 atom stereocenters. The van der Waals surface area contributed by atoms with Crippen LogP contribution < -0.4 is 0 Å². The summed E-state index contributed by atoms with van der Waals surface area (Å²) in [5, 5.41) is 0. The van der Waals surface area contributed by atoms with Gasteiger partial charge in [-0.3, -0.25) is 9.59 Å². The smallest absolute Gasteiger partial charge is 0.310 e. The molecule has 2 heterocycles. The van der Waals surface area contributed by atoms with Crippen molar-refractivity contribution >= 4 is 11.9 Å². The number of esters is 2. The first-order chi connectivity index (χ1) is 13.4. The second kappa shape index (κ2) is 7.81. The van der Waals surface area contributed by atoms with Crippen molar-refractivity contribution in [3.05, 3.63) is 11.1 Å². The summed E-state index contributed by atoms with van der Waals surface area (Å²) in [4.78, 5) is 27.2.